The number of benzene rings is 1. The fraction of sp³-hybridized carbons (Fsp3) is 0.500. The molecule has 6 nitrogen and oxygen atoms in total. The predicted octanol–water partition coefficient (Wildman–Crippen LogP) is 3.22. The average molecular weight is 485 g/mol. The third-order valence-corrected chi connectivity index (χ3v) is 4.37. The van der Waals surface area contributed by atoms with Crippen LogP contribution in [0.4, 0.5) is 0 Å². The van der Waals surface area contributed by atoms with Crippen LogP contribution in [-0.2, 0) is 26.4 Å². The summed E-state index contributed by atoms with van der Waals surface area (Å²) in [6, 6.07) is 8.08. The van der Waals surface area contributed by atoms with E-state index in [2.05, 4.69) is 41.5 Å². The number of nitrogens with zero attached hydrogens (tertiary/aromatic N) is 3. The lowest BCUT2D eigenvalue weighted by molar-refractivity contribution is 0.322. The van der Waals surface area contributed by atoms with Gasteiger partial charge >= 0.3 is 0 Å². The zero-order valence-corrected chi connectivity index (χ0v) is 19.3. The first-order chi connectivity index (χ1) is 12.6. The highest BCUT2D eigenvalue weighted by molar-refractivity contribution is 14.0. The van der Waals surface area contributed by atoms with Crippen molar-refractivity contribution < 1.29 is 4.74 Å². The number of halogens is 1. The molecule has 0 bridgehead atoms. The number of aliphatic imine (C=N–C) groups is 1. The Kier molecular flexibility index (Phi) is 10.2. The maximum atomic E-state index is 5.74. The van der Waals surface area contributed by atoms with Crippen LogP contribution in [0.1, 0.15) is 36.4 Å². The van der Waals surface area contributed by atoms with E-state index in [1.807, 2.05) is 36.0 Å². The minimum Gasteiger partial charge on any atom is -0.492 e. The van der Waals surface area contributed by atoms with Gasteiger partial charge in [-0.3, -0.25) is 9.67 Å². The van der Waals surface area contributed by atoms with Crippen LogP contribution in [0.5, 0.6) is 5.75 Å². The van der Waals surface area contributed by atoms with Gasteiger partial charge < -0.3 is 15.4 Å². The Morgan fingerprint density at radius 3 is 2.44 bits per heavy atom. The van der Waals surface area contributed by atoms with Crippen LogP contribution in [0.3, 0.4) is 0 Å². The van der Waals surface area contributed by atoms with Crippen molar-refractivity contribution in [2.24, 2.45) is 12.0 Å². The lowest BCUT2D eigenvalue weighted by Gasteiger charge is -2.13. The third-order valence-electron chi connectivity index (χ3n) is 4.37. The van der Waals surface area contributed by atoms with Gasteiger partial charge in [0.25, 0.3) is 0 Å². The Morgan fingerprint density at radius 1 is 1.15 bits per heavy atom. The van der Waals surface area contributed by atoms with E-state index in [0.29, 0.717) is 13.2 Å². The molecule has 2 aromatic rings. The molecule has 7 heteroatoms. The predicted molar refractivity (Wildman–Crippen MR) is 122 cm³/mol. The molecule has 0 atom stereocenters. The summed E-state index contributed by atoms with van der Waals surface area (Å²) in [6.07, 6.45) is 1.90. The van der Waals surface area contributed by atoms with E-state index >= 15 is 0 Å². The van der Waals surface area contributed by atoms with Crippen LogP contribution in [0.25, 0.3) is 0 Å². The smallest absolute Gasteiger partial charge is 0.191 e. The van der Waals surface area contributed by atoms with Gasteiger partial charge in [-0.1, -0.05) is 31.5 Å². The Balaban J connectivity index is 0.00000364. The zero-order chi connectivity index (χ0) is 18.9. The topological polar surface area (TPSA) is 63.5 Å². The SMILES string of the molecule is CCc1nn(C)c(CC)c1CNC(=NC)NCCOc1ccc(C)cc1.I. The summed E-state index contributed by atoms with van der Waals surface area (Å²) < 4.78 is 7.72. The average Bonchev–Trinajstić information content (AvgIpc) is 2.97. The van der Waals surface area contributed by atoms with E-state index in [9.17, 15) is 0 Å². The van der Waals surface area contributed by atoms with Gasteiger partial charge in [0.05, 0.1) is 12.2 Å². The van der Waals surface area contributed by atoms with Crippen LogP contribution in [0, 0.1) is 6.92 Å². The first kappa shape index (κ1) is 23.3. The molecule has 0 fully saturated rings. The Bertz CT molecular complexity index is 725. The van der Waals surface area contributed by atoms with Gasteiger partial charge in [-0.2, -0.15) is 5.10 Å². The van der Waals surface area contributed by atoms with Crippen molar-refractivity contribution in [3.63, 3.8) is 0 Å². The van der Waals surface area contributed by atoms with Crippen molar-refractivity contribution in [2.75, 3.05) is 20.2 Å². The van der Waals surface area contributed by atoms with Crippen LogP contribution >= 0.6 is 24.0 Å². The maximum absolute atomic E-state index is 5.74. The summed E-state index contributed by atoms with van der Waals surface area (Å²) in [5.41, 5.74) is 4.92. The summed E-state index contributed by atoms with van der Waals surface area (Å²) in [6.45, 7) is 8.35. The molecule has 0 saturated heterocycles. The molecule has 0 aliphatic rings. The molecule has 27 heavy (non-hydrogen) atoms. The molecule has 1 heterocycles. The lowest BCUT2D eigenvalue weighted by atomic mass is 10.1. The van der Waals surface area contributed by atoms with Crippen molar-refractivity contribution >= 4 is 29.9 Å². The summed E-state index contributed by atoms with van der Waals surface area (Å²) in [7, 11) is 3.79. The monoisotopic (exact) mass is 485 g/mol. The maximum Gasteiger partial charge on any atom is 0.191 e. The van der Waals surface area contributed by atoms with Crippen LogP contribution in [0.2, 0.25) is 0 Å². The number of aryl methyl sites for hydroxylation is 3. The number of rotatable bonds is 8. The van der Waals surface area contributed by atoms with Gasteiger partial charge in [-0.25, -0.2) is 0 Å². The van der Waals surface area contributed by atoms with Gasteiger partial charge in [-0.15, -0.1) is 24.0 Å². The van der Waals surface area contributed by atoms with E-state index in [1.165, 1.54) is 16.8 Å². The number of hydrogen-bond acceptors (Lipinski definition) is 3. The Morgan fingerprint density at radius 2 is 1.85 bits per heavy atom. The minimum atomic E-state index is 0. The number of nitrogens with one attached hydrogen (secondary N) is 2. The van der Waals surface area contributed by atoms with Crippen LogP contribution in [-0.4, -0.2) is 35.9 Å². The number of guanidine groups is 1. The summed E-state index contributed by atoms with van der Waals surface area (Å²) >= 11 is 0. The quantitative estimate of drug-likeness (QED) is 0.261. The van der Waals surface area contributed by atoms with Gasteiger partial charge in [0.2, 0.25) is 0 Å². The fourth-order valence-corrected chi connectivity index (χ4v) is 2.96. The molecule has 1 aromatic carbocycles. The molecular weight excluding hydrogens is 453 g/mol. The second-order valence-corrected chi connectivity index (χ2v) is 6.22. The molecule has 0 spiro atoms. The minimum absolute atomic E-state index is 0. The summed E-state index contributed by atoms with van der Waals surface area (Å²) in [5, 5.41) is 11.3. The molecular formula is C20H32IN5O. The van der Waals surface area contributed by atoms with Gasteiger partial charge in [0.1, 0.15) is 12.4 Å². The Labute approximate surface area is 179 Å². The van der Waals surface area contributed by atoms with Crippen molar-refractivity contribution in [3.05, 3.63) is 46.8 Å². The zero-order valence-electron chi connectivity index (χ0n) is 17.0. The number of aromatic nitrogens is 2. The van der Waals surface area contributed by atoms with E-state index in [1.54, 1.807) is 7.05 Å². The highest BCUT2D eigenvalue weighted by Gasteiger charge is 2.13. The standard InChI is InChI=1S/C20H31N5O.HI/c1-6-18-17(19(7-2)25(5)24-18)14-23-20(21-4)22-12-13-26-16-10-8-15(3)9-11-16;/h8-11H,6-7,12-14H2,1-5H3,(H2,21,22,23);1H. The molecule has 2 N–H and O–H groups in total. The normalized spacial score (nSPS) is 11.1. The third kappa shape index (κ3) is 6.71. The highest BCUT2D eigenvalue weighted by atomic mass is 127. The molecule has 0 aliphatic heterocycles. The summed E-state index contributed by atoms with van der Waals surface area (Å²) in [4.78, 5) is 4.29. The molecule has 0 amide bonds. The van der Waals surface area contributed by atoms with Crippen molar-refractivity contribution in [3.8, 4) is 5.75 Å². The molecule has 0 unspecified atom stereocenters. The number of hydrogen-bond donors (Lipinski definition) is 2. The van der Waals surface area contributed by atoms with E-state index in [-0.39, 0.29) is 24.0 Å². The van der Waals surface area contributed by atoms with Crippen molar-refractivity contribution in [1.29, 1.82) is 0 Å². The van der Waals surface area contributed by atoms with Crippen molar-refractivity contribution in [1.82, 2.24) is 20.4 Å². The second-order valence-electron chi connectivity index (χ2n) is 6.22. The van der Waals surface area contributed by atoms with Crippen molar-refractivity contribution in [2.45, 2.75) is 40.2 Å². The molecule has 1 aromatic heterocycles. The first-order valence-corrected chi connectivity index (χ1v) is 9.26. The number of ether oxygens (including phenoxy) is 1. The van der Waals surface area contributed by atoms with E-state index < -0.39 is 0 Å². The van der Waals surface area contributed by atoms with E-state index in [0.717, 1.165) is 36.8 Å². The van der Waals surface area contributed by atoms with Gasteiger partial charge in [0.15, 0.2) is 5.96 Å². The summed E-state index contributed by atoms with van der Waals surface area (Å²) in [5.74, 6) is 1.65. The molecule has 0 radical (unpaired) electrons. The first-order valence-electron chi connectivity index (χ1n) is 9.26. The fourth-order valence-electron chi connectivity index (χ4n) is 2.96. The molecule has 0 aliphatic carbocycles. The largest absolute Gasteiger partial charge is 0.492 e. The molecule has 2 rings (SSSR count). The lowest BCUT2D eigenvalue weighted by Crippen LogP contribution is -2.39. The van der Waals surface area contributed by atoms with E-state index in [4.69, 9.17) is 4.74 Å². The second kappa shape index (κ2) is 11.8. The van der Waals surface area contributed by atoms with Crippen LogP contribution in [0.15, 0.2) is 29.3 Å². The molecule has 0 saturated carbocycles. The highest BCUT2D eigenvalue weighted by Crippen LogP contribution is 2.15. The Hall–Kier alpha value is -1.77. The van der Waals surface area contributed by atoms with Gasteiger partial charge in [-0.05, 0) is 31.9 Å². The van der Waals surface area contributed by atoms with Gasteiger partial charge in [0, 0.05) is 31.9 Å². The molecule has 150 valence electrons. The van der Waals surface area contributed by atoms with Crippen LogP contribution < -0.4 is 15.4 Å².